The van der Waals surface area contributed by atoms with Gasteiger partial charge in [0.1, 0.15) is 29.9 Å². The first-order chi connectivity index (χ1) is 15.0. The molecule has 2 heterocycles. The number of nitrogens with zero attached hydrogens (tertiary/aromatic N) is 2. The van der Waals surface area contributed by atoms with E-state index in [9.17, 15) is 19.2 Å². The average Bonchev–Trinajstić information content (AvgIpc) is 2.73. The molecular weight excluding hydrogens is 503 g/mol. The highest BCUT2D eigenvalue weighted by molar-refractivity contribution is 8.01. The van der Waals surface area contributed by atoms with Crippen molar-refractivity contribution in [1.82, 2.24) is 4.90 Å². The highest BCUT2D eigenvalue weighted by atomic mass is 35.6. The number of amides is 2. The Kier molecular flexibility index (Phi) is 7.65. The van der Waals surface area contributed by atoms with Crippen molar-refractivity contribution in [2.24, 2.45) is 0 Å². The maximum absolute atomic E-state index is 12.9. The number of esters is 2. The molecule has 0 radical (unpaired) electrons. The van der Waals surface area contributed by atoms with Crippen LogP contribution >= 0.6 is 46.6 Å². The summed E-state index contributed by atoms with van der Waals surface area (Å²) in [6.45, 7) is 1.90. The Balaban J connectivity index is 1.88. The monoisotopic (exact) mass is 520 g/mol. The van der Waals surface area contributed by atoms with E-state index in [2.05, 4.69) is 0 Å². The lowest BCUT2D eigenvalue weighted by atomic mass is 10.0. The molecule has 2 unspecified atom stereocenters. The molecule has 3 atom stereocenters. The number of carbonyl (C=O) groups excluding carboxylic acids is 4. The van der Waals surface area contributed by atoms with Crippen LogP contribution in [0, 0.1) is 0 Å². The van der Waals surface area contributed by atoms with Crippen LogP contribution in [-0.4, -0.2) is 62.3 Å². The molecule has 2 aliphatic rings. The lowest BCUT2D eigenvalue weighted by molar-refractivity contribution is -0.145. The second kappa shape index (κ2) is 9.91. The molecule has 12 heteroatoms. The molecule has 0 N–H and O–H groups in total. The van der Waals surface area contributed by atoms with Crippen LogP contribution in [0.15, 0.2) is 42.1 Å². The normalized spacial score (nSPS) is 22.3. The van der Waals surface area contributed by atoms with E-state index in [1.165, 1.54) is 29.8 Å². The Labute approximate surface area is 203 Å². The Bertz CT molecular complexity index is 952. The van der Waals surface area contributed by atoms with E-state index < -0.39 is 39.0 Å². The van der Waals surface area contributed by atoms with E-state index in [-0.39, 0.29) is 18.4 Å². The summed E-state index contributed by atoms with van der Waals surface area (Å²) in [6.07, 6.45) is 1.45. The lowest BCUT2D eigenvalue weighted by Crippen LogP contribution is -2.70. The second-order valence-electron chi connectivity index (χ2n) is 7.03. The summed E-state index contributed by atoms with van der Waals surface area (Å²) in [5, 5.41) is -1.49. The molecule has 1 aromatic carbocycles. The van der Waals surface area contributed by atoms with Gasteiger partial charge in [0.25, 0.3) is 5.91 Å². The van der Waals surface area contributed by atoms with Gasteiger partial charge in [-0.2, -0.15) is 0 Å². The maximum atomic E-state index is 12.9. The second-order valence-corrected chi connectivity index (χ2v) is 10.8. The number of β-lactam (4-membered cyclic amide) rings is 1. The van der Waals surface area contributed by atoms with Gasteiger partial charge in [0.2, 0.25) is 9.70 Å². The SMILES string of the molecule is CC(=O)OCC1=CN2C(=O)C(N(C(C)=O)c3ccccc3)[C@H]2SC1C(=O)OCC(Cl)(Cl)Cl. The zero-order chi connectivity index (χ0) is 23.6. The number of ether oxygens (including phenoxy) is 2. The third-order valence-electron chi connectivity index (χ3n) is 4.66. The predicted octanol–water partition coefficient (Wildman–Crippen LogP) is 3.05. The van der Waals surface area contributed by atoms with Crippen molar-refractivity contribution in [1.29, 1.82) is 0 Å². The van der Waals surface area contributed by atoms with Gasteiger partial charge >= 0.3 is 11.9 Å². The number of benzene rings is 1. The molecule has 0 aromatic heterocycles. The summed E-state index contributed by atoms with van der Waals surface area (Å²) in [5.41, 5.74) is 0.903. The summed E-state index contributed by atoms with van der Waals surface area (Å²) in [5.74, 6) is -1.91. The van der Waals surface area contributed by atoms with Crippen LogP contribution in [0.25, 0.3) is 0 Å². The molecule has 32 heavy (non-hydrogen) atoms. The van der Waals surface area contributed by atoms with E-state index in [0.717, 1.165) is 11.8 Å². The Hall–Kier alpha value is -1.94. The van der Waals surface area contributed by atoms with E-state index in [1.807, 2.05) is 0 Å². The van der Waals surface area contributed by atoms with Crippen molar-refractivity contribution in [2.75, 3.05) is 18.1 Å². The van der Waals surface area contributed by atoms with E-state index in [0.29, 0.717) is 11.3 Å². The smallest absolute Gasteiger partial charge is 0.323 e. The standard InChI is InChI=1S/C20H19Cl3N2O6S/c1-11(26)25(14-6-4-3-5-7-14)15-17(28)24-8-13(9-30-12(2)27)16(32-18(15)24)19(29)31-10-20(21,22)23/h3-8,15-16,18H,9-10H2,1-2H3/t15?,16?,18-/m1/s1. The highest BCUT2D eigenvalue weighted by Crippen LogP contribution is 2.44. The first kappa shape index (κ1) is 24.7. The van der Waals surface area contributed by atoms with Gasteiger partial charge in [-0.05, 0) is 12.1 Å². The van der Waals surface area contributed by atoms with Crippen molar-refractivity contribution < 1.29 is 28.7 Å². The minimum atomic E-state index is -1.80. The molecule has 3 rings (SSSR count). The third-order valence-corrected chi connectivity index (χ3v) is 6.51. The largest absolute Gasteiger partial charge is 0.461 e. The molecular formula is C20H19Cl3N2O6S. The molecule has 172 valence electrons. The van der Waals surface area contributed by atoms with Gasteiger partial charge < -0.3 is 14.4 Å². The Morgan fingerprint density at radius 2 is 1.78 bits per heavy atom. The summed E-state index contributed by atoms with van der Waals surface area (Å²) in [7, 11) is 0. The van der Waals surface area contributed by atoms with Gasteiger partial charge in [0.05, 0.1) is 0 Å². The molecule has 8 nitrogen and oxygen atoms in total. The fraction of sp³-hybridized carbons (Fsp3) is 0.400. The number of carbonyl (C=O) groups is 4. The number of hydrogen-bond donors (Lipinski definition) is 0. The van der Waals surface area contributed by atoms with Crippen molar-refractivity contribution in [3.63, 3.8) is 0 Å². The summed E-state index contributed by atoms with van der Waals surface area (Å²) in [6, 6.07) is 7.93. The quantitative estimate of drug-likeness (QED) is 0.323. The zero-order valence-electron chi connectivity index (χ0n) is 17.0. The van der Waals surface area contributed by atoms with Crippen LogP contribution in [0.5, 0.6) is 0 Å². The van der Waals surface area contributed by atoms with Crippen LogP contribution in [-0.2, 0) is 28.7 Å². The predicted molar refractivity (Wildman–Crippen MR) is 121 cm³/mol. The van der Waals surface area contributed by atoms with Gasteiger partial charge in [-0.3, -0.25) is 24.1 Å². The number of halogens is 3. The molecule has 0 aliphatic carbocycles. The first-order valence-corrected chi connectivity index (χ1v) is 11.5. The van der Waals surface area contributed by atoms with Gasteiger partial charge in [0.15, 0.2) is 0 Å². The molecule has 0 spiro atoms. The number of hydrogen-bond acceptors (Lipinski definition) is 7. The molecule has 2 amide bonds. The zero-order valence-corrected chi connectivity index (χ0v) is 20.1. The number of thioether (sulfide) groups is 1. The minimum absolute atomic E-state index is 0.216. The van der Waals surface area contributed by atoms with Gasteiger partial charge in [0, 0.05) is 31.3 Å². The Morgan fingerprint density at radius 1 is 1.12 bits per heavy atom. The van der Waals surface area contributed by atoms with Crippen LogP contribution in [0.3, 0.4) is 0 Å². The first-order valence-electron chi connectivity index (χ1n) is 9.39. The minimum Gasteiger partial charge on any atom is -0.461 e. The number of fused-ring (bicyclic) bond motifs is 1. The fourth-order valence-corrected chi connectivity index (χ4v) is 4.93. The van der Waals surface area contributed by atoms with Crippen LogP contribution in [0.2, 0.25) is 0 Å². The van der Waals surface area contributed by atoms with Crippen LogP contribution in [0.4, 0.5) is 5.69 Å². The molecule has 0 saturated carbocycles. The molecule has 0 bridgehead atoms. The average molecular weight is 522 g/mol. The maximum Gasteiger partial charge on any atom is 0.323 e. The summed E-state index contributed by atoms with van der Waals surface area (Å²) >= 11 is 18.1. The van der Waals surface area contributed by atoms with Gasteiger partial charge in [-0.15, -0.1) is 11.8 Å². The lowest BCUT2D eigenvalue weighted by Gasteiger charge is -2.52. The van der Waals surface area contributed by atoms with E-state index >= 15 is 0 Å². The third kappa shape index (κ3) is 5.51. The van der Waals surface area contributed by atoms with E-state index in [1.54, 1.807) is 30.3 Å². The van der Waals surface area contributed by atoms with Gasteiger partial charge in [-0.1, -0.05) is 53.0 Å². The summed E-state index contributed by atoms with van der Waals surface area (Å²) in [4.78, 5) is 52.2. The number of anilines is 1. The fourth-order valence-electron chi connectivity index (χ4n) is 3.32. The van der Waals surface area contributed by atoms with Crippen molar-refractivity contribution >= 4 is 76.0 Å². The number of alkyl halides is 3. The molecule has 2 aliphatic heterocycles. The Morgan fingerprint density at radius 3 is 2.34 bits per heavy atom. The van der Waals surface area contributed by atoms with E-state index in [4.69, 9.17) is 44.3 Å². The molecule has 1 saturated heterocycles. The topological polar surface area (TPSA) is 93.2 Å². The van der Waals surface area contributed by atoms with Crippen molar-refractivity contribution in [3.8, 4) is 0 Å². The van der Waals surface area contributed by atoms with Crippen LogP contribution < -0.4 is 4.90 Å². The molecule has 1 aromatic rings. The summed E-state index contributed by atoms with van der Waals surface area (Å²) < 4.78 is 8.35. The van der Waals surface area contributed by atoms with Gasteiger partial charge in [-0.25, -0.2) is 0 Å². The van der Waals surface area contributed by atoms with Crippen LogP contribution in [0.1, 0.15) is 13.8 Å². The van der Waals surface area contributed by atoms with Crippen molar-refractivity contribution in [2.45, 2.75) is 34.3 Å². The molecule has 1 fully saturated rings. The van der Waals surface area contributed by atoms with Crippen molar-refractivity contribution in [3.05, 3.63) is 42.1 Å². The highest BCUT2D eigenvalue weighted by Gasteiger charge is 2.55. The number of rotatable bonds is 6. The number of para-hydroxylation sites is 1.